The summed E-state index contributed by atoms with van der Waals surface area (Å²) in [6.07, 6.45) is 0.523. The monoisotopic (exact) mass is 394 g/mol. The first-order chi connectivity index (χ1) is 12.7. The maximum Gasteiger partial charge on any atom is 0.241 e. The molecule has 2 aromatic carbocycles. The highest BCUT2D eigenvalue weighted by molar-refractivity contribution is 7.89. The smallest absolute Gasteiger partial charge is 0.241 e. The predicted octanol–water partition coefficient (Wildman–Crippen LogP) is 2.09. The van der Waals surface area contributed by atoms with Crippen LogP contribution in [-0.4, -0.2) is 34.5 Å². The molecule has 6 nitrogen and oxygen atoms in total. The van der Waals surface area contributed by atoms with Crippen molar-refractivity contribution in [3.05, 3.63) is 58.9 Å². The second kappa shape index (κ2) is 8.96. The number of carbonyl (C=O) groups is 1. The SMILES string of the molecule is COc1cc(C)c(S(=O)(=O)NCC(=O)NCCc2ccc(F)cc2)cc1C. The molecule has 27 heavy (non-hydrogen) atoms. The number of carbonyl (C=O) groups excluding carboxylic acids is 1. The van der Waals surface area contributed by atoms with Gasteiger partial charge in [-0.05, 0) is 61.2 Å². The number of amides is 1. The third-order valence-electron chi connectivity index (χ3n) is 4.05. The van der Waals surface area contributed by atoms with Gasteiger partial charge in [0.15, 0.2) is 0 Å². The van der Waals surface area contributed by atoms with Crippen molar-refractivity contribution in [2.45, 2.75) is 25.2 Å². The van der Waals surface area contributed by atoms with Crippen LogP contribution in [0, 0.1) is 19.7 Å². The summed E-state index contributed by atoms with van der Waals surface area (Å²) in [6.45, 7) is 3.38. The van der Waals surface area contributed by atoms with Gasteiger partial charge in [-0.25, -0.2) is 17.5 Å². The molecule has 0 aliphatic rings. The van der Waals surface area contributed by atoms with E-state index in [4.69, 9.17) is 4.74 Å². The van der Waals surface area contributed by atoms with Gasteiger partial charge in [0.1, 0.15) is 11.6 Å². The Bertz CT molecular complexity index is 912. The van der Waals surface area contributed by atoms with Crippen molar-refractivity contribution in [3.63, 3.8) is 0 Å². The topological polar surface area (TPSA) is 84.5 Å². The summed E-state index contributed by atoms with van der Waals surface area (Å²) in [7, 11) is -2.31. The number of hydrogen-bond donors (Lipinski definition) is 2. The lowest BCUT2D eigenvalue weighted by Crippen LogP contribution is -2.37. The van der Waals surface area contributed by atoms with Crippen LogP contribution in [-0.2, 0) is 21.2 Å². The van der Waals surface area contributed by atoms with Gasteiger partial charge in [-0.15, -0.1) is 0 Å². The van der Waals surface area contributed by atoms with Crippen LogP contribution in [0.1, 0.15) is 16.7 Å². The molecule has 2 N–H and O–H groups in total. The fourth-order valence-corrected chi connectivity index (χ4v) is 3.86. The Labute approximate surface area is 158 Å². The summed E-state index contributed by atoms with van der Waals surface area (Å²) >= 11 is 0. The Hall–Kier alpha value is -2.45. The number of benzene rings is 2. The highest BCUT2D eigenvalue weighted by atomic mass is 32.2. The van der Waals surface area contributed by atoms with Crippen molar-refractivity contribution in [2.24, 2.45) is 0 Å². The predicted molar refractivity (Wildman–Crippen MR) is 101 cm³/mol. The van der Waals surface area contributed by atoms with Gasteiger partial charge < -0.3 is 10.1 Å². The fraction of sp³-hybridized carbons (Fsp3) is 0.316. The van der Waals surface area contributed by atoms with E-state index < -0.39 is 15.9 Å². The summed E-state index contributed by atoms with van der Waals surface area (Å²) in [5.74, 6) is -0.158. The molecule has 2 aromatic rings. The molecule has 0 atom stereocenters. The lowest BCUT2D eigenvalue weighted by molar-refractivity contribution is -0.119. The molecule has 0 radical (unpaired) electrons. The minimum atomic E-state index is -3.82. The number of sulfonamides is 1. The van der Waals surface area contributed by atoms with Crippen LogP contribution in [0.15, 0.2) is 41.3 Å². The summed E-state index contributed by atoms with van der Waals surface area (Å²) in [6, 6.07) is 9.14. The first-order valence-electron chi connectivity index (χ1n) is 8.39. The maximum atomic E-state index is 12.8. The molecule has 0 saturated heterocycles. The first kappa shape index (κ1) is 20.9. The maximum absolute atomic E-state index is 12.8. The van der Waals surface area contributed by atoms with Crippen LogP contribution in [0.4, 0.5) is 4.39 Å². The van der Waals surface area contributed by atoms with Crippen molar-refractivity contribution in [1.29, 1.82) is 0 Å². The summed E-state index contributed by atoms with van der Waals surface area (Å²) in [5.41, 5.74) is 2.09. The third kappa shape index (κ3) is 5.77. The second-order valence-corrected chi connectivity index (χ2v) is 7.87. The van der Waals surface area contributed by atoms with Gasteiger partial charge in [0, 0.05) is 6.54 Å². The molecule has 0 fully saturated rings. The average Bonchev–Trinajstić information content (AvgIpc) is 2.63. The Balaban J connectivity index is 1.90. The number of halogens is 1. The molecule has 8 heteroatoms. The van der Waals surface area contributed by atoms with Crippen LogP contribution < -0.4 is 14.8 Å². The minimum Gasteiger partial charge on any atom is -0.496 e. The number of rotatable bonds is 8. The van der Waals surface area contributed by atoms with E-state index in [0.29, 0.717) is 29.8 Å². The Kier molecular flexibility index (Phi) is 6.92. The summed E-state index contributed by atoms with van der Waals surface area (Å²) < 4.78 is 45.3. The van der Waals surface area contributed by atoms with Crippen LogP contribution >= 0.6 is 0 Å². The van der Waals surface area contributed by atoms with Crippen LogP contribution in [0.5, 0.6) is 5.75 Å². The third-order valence-corrected chi connectivity index (χ3v) is 5.60. The summed E-state index contributed by atoms with van der Waals surface area (Å²) in [5, 5.41) is 2.63. The highest BCUT2D eigenvalue weighted by Crippen LogP contribution is 2.25. The van der Waals surface area contributed by atoms with Crippen LogP contribution in [0.25, 0.3) is 0 Å². The van der Waals surface area contributed by atoms with Gasteiger partial charge in [-0.3, -0.25) is 4.79 Å². The van der Waals surface area contributed by atoms with Crippen molar-refractivity contribution in [3.8, 4) is 5.75 Å². The molecule has 146 valence electrons. The molecule has 0 aromatic heterocycles. The van der Waals surface area contributed by atoms with Crippen molar-refractivity contribution < 1.29 is 22.3 Å². The molecular weight excluding hydrogens is 371 g/mol. The normalized spacial score (nSPS) is 11.3. The van der Waals surface area contributed by atoms with E-state index in [-0.39, 0.29) is 17.3 Å². The average molecular weight is 394 g/mol. The largest absolute Gasteiger partial charge is 0.496 e. The molecule has 0 aliphatic carbocycles. The van der Waals surface area contributed by atoms with Crippen LogP contribution in [0.2, 0.25) is 0 Å². The van der Waals surface area contributed by atoms with E-state index in [9.17, 15) is 17.6 Å². The standard InChI is InChI=1S/C19H23FN2O4S/c1-13-11-18(14(2)10-17(13)26-3)27(24,25)22-12-19(23)21-9-8-15-4-6-16(20)7-5-15/h4-7,10-11,22H,8-9,12H2,1-3H3,(H,21,23). The number of ether oxygens (including phenoxy) is 1. The number of nitrogens with one attached hydrogen (secondary N) is 2. The van der Waals surface area contributed by atoms with Crippen molar-refractivity contribution >= 4 is 15.9 Å². The zero-order valence-corrected chi connectivity index (χ0v) is 16.3. The van der Waals surface area contributed by atoms with E-state index in [0.717, 1.165) is 5.56 Å². The molecule has 1 amide bonds. The van der Waals surface area contributed by atoms with E-state index in [2.05, 4.69) is 10.0 Å². The molecule has 0 saturated carbocycles. The van der Waals surface area contributed by atoms with E-state index in [1.807, 2.05) is 0 Å². The van der Waals surface area contributed by atoms with E-state index >= 15 is 0 Å². The molecule has 0 aliphatic heterocycles. The van der Waals surface area contributed by atoms with Crippen molar-refractivity contribution in [2.75, 3.05) is 20.2 Å². The Morgan fingerprint density at radius 1 is 1.11 bits per heavy atom. The second-order valence-electron chi connectivity index (χ2n) is 6.14. The number of hydrogen-bond acceptors (Lipinski definition) is 4. The molecule has 0 spiro atoms. The minimum absolute atomic E-state index is 0.111. The van der Waals surface area contributed by atoms with Gasteiger partial charge in [0.2, 0.25) is 15.9 Å². The number of aryl methyl sites for hydroxylation is 2. The van der Waals surface area contributed by atoms with Gasteiger partial charge in [0.05, 0.1) is 18.6 Å². The van der Waals surface area contributed by atoms with E-state index in [1.165, 1.54) is 25.3 Å². The van der Waals surface area contributed by atoms with Gasteiger partial charge in [0.25, 0.3) is 0 Å². The molecule has 0 bridgehead atoms. The van der Waals surface area contributed by atoms with Crippen LogP contribution in [0.3, 0.4) is 0 Å². The quantitative estimate of drug-likeness (QED) is 0.718. The summed E-state index contributed by atoms with van der Waals surface area (Å²) in [4.78, 5) is 12.0. The van der Waals surface area contributed by atoms with Crippen molar-refractivity contribution in [1.82, 2.24) is 10.0 Å². The molecule has 0 heterocycles. The Morgan fingerprint density at radius 3 is 2.41 bits per heavy atom. The zero-order valence-electron chi connectivity index (χ0n) is 15.5. The van der Waals surface area contributed by atoms with Gasteiger partial charge >= 0.3 is 0 Å². The molecular formula is C19H23FN2O4S. The highest BCUT2D eigenvalue weighted by Gasteiger charge is 2.19. The van der Waals surface area contributed by atoms with Gasteiger partial charge in [-0.1, -0.05) is 12.1 Å². The lowest BCUT2D eigenvalue weighted by Gasteiger charge is -2.13. The van der Waals surface area contributed by atoms with Gasteiger partial charge in [-0.2, -0.15) is 0 Å². The Morgan fingerprint density at radius 2 is 1.78 bits per heavy atom. The van der Waals surface area contributed by atoms with E-state index in [1.54, 1.807) is 32.0 Å². The zero-order chi connectivity index (χ0) is 20.0. The molecule has 0 unspecified atom stereocenters. The molecule has 2 rings (SSSR count). The fourth-order valence-electron chi connectivity index (χ4n) is 2.57. The number of methoxy groups -OCH3 is 1. The first-order valence-corrected chi connectivity index (χ1v) is 9.87. The lowest BCUT2D eigenvalue weighted by atomic mass is 10.1.